The molecule has 6 rings (SSSR count). The van der Waals surface area contributed by atoms with E-state index >= 15 is 0 Å². The summed E-state index contributed by atoms with van der Waals surface area (Å²) in [5.74, 6) is 0. The number of fused-ring (bicyclic) bond motifs is 2. The van der Waals surface area contributed by atoms with Crippen LogP contribution in [0.5, 0.6) is 0 Å². The number of anilines is 1. The van der Waals surface area contributed by atoms with Crippen molar-refractivity contribution in [3.05, 3.63) is 95.1 Å². The van der Waals surface area contributed by atoms with Crippen LogP contribution in [-0.2, 0) is 16.6 Å². The maximum absolute atomic E-state index is 13.8. The number of aromatic nitrogens is 1. The summed E-state index contributed by atoms with van der Waals surface area (Å²) in [6, 6.07) is 23.9. The van der Waals surface area contributed by atoms with Crippen LogP contribution in [0.1, 0.15) is 11.1 Å². The standard InChI is InChI=1S/C28H26ClN3O2S2/c1-20-24-18-22(29)10-11-27(24)35-28(20)36(33,34)32-13-12-23-25(8-5-9-26(23)32)31-16-14-30(15-17-31)19-21-6-3-2-4-7-21/h2-13,18H,14-17,19H2,1H3. The summed E-state index contributed by atoms with van der Waals surface area (Å²) < 4.78 is 30.3. The summed E-state index contributed by atoms with van der Waals surface area (Å²) >= 11 is 7.47. The topological polar surface area (TPSA) is 45.6 Å². The average molecular weight is 536 g/mol. The number of thiophene rings is 1. The Morgan fingerprint density at radius 3 is 2.44 bits per heavy atom. The molecule has 3 heterocycles. The van der Waals surface area contributed by atoms with Crippen molar-refractivity contribution in [3.63, 3.8) is 0 Å². The first-order valence-corrected chi connectivity index (χ1v) is 14.6. The molecule has 2 aromatic heterocycles. The molecule has 3 aromatic carbocycles. The van der Waals surface area contributed by atoms with E-state index in [4.69, 9.17) is 11.6 Å². The van der Waals surface area contributed by atoms with Crippen molar-refractivity contribution in [2.45, 2.75) is 17.7 Å². The number of aryl methyl sites for hydroxylation is 1. The predicted molar refractivity (Wildman–Crippen MR) is 150 cm³/mol. The Labute approximate surface area is 220 Å². The quantitative estimate of drug-likeness (QED) is 0.262. The van der Waals surface area contributed by atoms with Gasteiger partial charge in [0.2, 0.25) is 0 Å². The van der Waals surface area contributed by atoms with E-state index in [-0.39, 0.29) is 0 Å². The van der Waals surface area contributed by atoms with Crippen LogP contribution in [0, 0.1) is 6.92 Å². The first kappa shape index (κ1) is 23.6. The van der Waals surface area contributed by atoms with Crippen LogP contribution >= 0.6 is 22.9 Å². The Morgan fingerprint density at radius 2 is 1.67 bits per heavy atom. The fourth-order valence-electron chi connectivity index (χ4n) is 5.11. The number of halogens is 1. The molecule has 0 spiro atoms. The Bertz CT molecular complexity index is 1670. The lowest BCUT2D eigenvalue weighted by Gasteiger charge is -2.36. The van der Waals surface area contributed by atoms with Crippen LogP contribution in [0.25, 0.3) is 21.0 Å². The molecular formula is C28H26ClN3O2S2. The Morgan fingerprint density at radius 1 is 0.889 bits per heavy atom. The molecule has 36 heavy (non-hydrogen) atoms. The van der Waals surface area contributed by atoms with Crippen molar-refractivity contribution in [2.75, 3.05) is 31.1 Å². The lowest BCUT2D eigenvalue weighted by Crippen LogP contribution is -2.46. The number of hydrogen-bond acceptors (Lipinski definition) is 5. The van der Waals surface area contributed by atoms with Crippen molar-refractivity contribution in [3.8, 4) is 0 Å². The Kier molecular flexibility index (Phi) is 6.04. The zero-order valence-corrected chi connectivity index (χ0v) is 22.3. The molecule has 0 N–H and O–H groups in total. The summed E-state index contributed by atoms with van der Waals surface area (Å²) in [6.07, 6.45) is 1.69. The minimum Gasteiger partial charge on any atom is -0.368 e. The van der Waals surface area contributed by atoms with Gasteiger partial charge in [0.05, 0.1) is 5.52 Å². The van der Waals surface area contributed by atoms with Crippen molar-refractivity contribution in [1.82, 2.24) is 8.87 Å². The third-order valence-electron chi connectivity index (χ3n) is 6.98. The monoisotopic (exact) mass is 535 g/mol. The van der Waals surface area contributed by atoms with Crippen molar-refractivity contribution < 1.29 is 8.42 Å². The molecule has 0 atom stereocenters. The van der Waals surface area contributed by atoms with Crippen molar-refractivity contribution in [2.24, 2.45) is 0 Å². The van der Waals surface area contributed by atoms with Gasteiger partial charge in [-0.1, -0.05) is 48.0 Å². The normalized spacial score (nSPS) is 15.2. The van der Waals surface area contributed by atoms with Crippen LogP contribution in [0.3, 0.4) is 0 Å². The predicted octanol–water partition coefficient (Wildman–Crippen LogP) is 6.38. The third kappa shape index (κ3) is 4.10. The minimum atomic E-state index is -3.75. The van der Waals surface area contributed by atoms with Gasteiger partial charge in [-0.15, -0.1) is 11.3 Å². The molecule has 5 nitrogen and oxygen atoms in total. The lowest BCUT2D eigenvalue weighted by molar-refractivity contribution is 0.250. The molecule has 184 valence electrons. The van der Waals surface area contributed by atoms with Gasteiger partial charge in [-0.05, 0) is 59.8 Å². The van der Waals surface area contributed by atoms with Crippen molar-refractivity contribution in [1.29, 1.82) is 0 Å². The van der Waals surface area contributed by atoms with Crippen molar-refractivity contribution >= 4 is 59.6 Å². The summed E-state index contributed by atoms with van der Waals surface area (Å²) in [4.78, 5) is 4.84. The second-order valence-corrected chi connectivity index (χ2v) is 12.7. The summed E-state index contributed by atoms with van der Waals surface area (Å²) in [5, 5.41) is 2.45. The minimum absolute atomic E-state index is 0.359. The van der Waals surface area contributed by atoms with E-state index in [0.717, 1.165) is 59.4 Å². The van der Waals surface area contributed by atoms with Crippen LogP contribution < -0.4 is 4.90 Å². The maximum atomic E-state index is 13.8. The lowest BCUT2D eigenvalue weighted by atomic mass is 10.1. The smallest absolute Gasteiger partial charge is 0.277 e. The molecule has 1 saturated heterocycles. The highest BCUT2D eigenvalue weighted by Gasteiger charge is 2.26. The van der Waals surface area contributed by atoms with E-state index in [1.165, 1.54) is 20.9 Å². The zero-order valence-electron chi connectivity index (χ0n) is 19.9. The second kappa shape index (κ2) is 9.23. The van der Waals surface area contributed by atoms with Crippen LogP contribution in [-0.4, -0.2) is 43.5 Å². The van der Waals surface area contributed by atoms with Crippen LogP contribution in [0.2, 0.25) is 5.02 Å². The van der Waals surface area contributed by atoms with E-state index in [1.807, 2.05) is 43.3 Å². The molecular weight excluding hydrogens is 510 g/mol. The van der Waals surface area contributed by atoms with Gasteiger partial charge in [0, 0.05) is 59.7 Å². The van der Waals surface area contributed by atoms with E-state index in [9.17, 15) is 8.42 Å². The van der Waals surface area contributed by atoms with E-state index in [1.54, 1.807) is 12.3 Å². The van der Waals surface area contributed by atoms with E-state index in [2.05, 4.69) is 40.1 Å². The second-order valence-electron chi connectivity index (χ2n) is 9.23. The molecule has 1 aliphatic heterocycles. The van der Waals surface area contributed by atoms with Crippen LogP contribution in [0.4, 0.5) is 5.69 Å². The van der Waals surface area contributed by atoms with Gasteiger partial charge in [-0.25, -0.2) is 3.97 Å². The summed E-state index contributed by atoms with van der Waals surface area (Å²) in [5.41, 5.74) is 3.86. The summed E-state index contributed by atoms with van der Waals surface area (Å²) in [6.45, 7) is 6.54. The van der Waals surface area contributed by atoms with E-state index in [0.29, 0.717) is 14.7 Å². The number of piperazine rings is 1. The Balaban J connectivity index is 1.30. The van der Waals surface area contributed by atoms with Gasteiger partial charge in [0.25, 0.3) is 10.0 Å². The molecule has 0 aliphatic carbocycles. The molecule has 0 unspecified atom stereocenters. The molecule has 0 amide bonds. The summed E-state index contributed by atoms with van der Waals surface area (Å²) in [7, 11) is -3.75. The molecule has 1 aliphatic rings. The molecule has 5 aromatic rings. The maximum Gasteiger partial charge on any atom is 0.277 e. The zero-order chi connectivity index (χ0) is 24.9. The average Bonchev–Trinajstić information content (AvgIpc) is 3.47. The largest absolute Gasteiger partial charge is 0.368 e. The van der Waals surface area contributed by atoms with Gasteiger partial charge in [-0.3, -0.25) is 4.90 Å². The molecule has 0 radical (unpaired) electrons. The fourth-order valence-corrected chi connectivity index (χ4v) is 8.45. The fraction of sp³-hybridized carbons (Fsp3) is 0.214. The molecule has 0 bridgehead atoms. The first-order valence-electron chi connectivity index (χ1n) is 12.0. The highest BCUT2D eigenvalue weighted by molar-refractivity contribution is 7.92. The van der Waals surface area contributed by atoms with Crippen LogP contribution in [0.15, 0.2) is 83.2 Å². The molecule has 8 heteroatoms. The van der Waals surface area contributed by atoms with Gasteiger partial charge in [0.1, 0.15) is 4.21 Å². The number of hydrogen-bond donors (Lipinski definition) is 0. The van der Waals surface area contributed by atoms with E-state index < -0.39 is 10.0 Å². The van der Waals surface area contributed by atoms with Gasteiger partial charge < -0.3 is 4.90 Å². The molecule has 0 saturated carbocycles. The highest BCUT2D eigenvalue weighted by Crippen LogP contribution is 2.38. The van der Waals surface area contributed by atoms with Gasteiger partial charge >= 0.3 is 0 Å². The SMILES string of the molecule is Cc1c(S(=O)(=O)n2ccc3c(N4CCN(Cc5ccccc5)CC4)cccc32)sc2ccc(Cl)cc12. The highest BCUT2D eigenvalue weighted by atomic mass is 35.5. The number of nitrogens with zero attached hydrogens (tertiary/aromatic N) is 3. The Hall–Kier alpha value is -2.84. The first-order chi connectivity index (χ1) is 17.4. The number of benzene rings is 3. The number of rotatable bonds is 5. The molecule has 1 fully saturated rings. The third-order valence-corrected chi connectivity index (χ3v) is 10.8. The van der Waals surface area contributed by atoms with Gasteiger partial charge in [-0.2, -0.15) is 8.42 Å². The van der Waals surface area contributed by atoms with Gasteiger partial charge in [0.15, 0.2) is 0 Å².